The number of amides is 1. The summed E-state index contributed by atoms with van der Waals surface area (Å²) in [6, 6.07) is -0.317. The number of aromatic nitrogens is 1. The van der Waals surface area contributed by atoms with Crippen LogP contribution in [0.1, 0.15) is 44.6 Å². The Balaban J connectivity index is 2.19. The number of likely N-dealkylation sites (tertiary alicyclic amines) is 1. The standard InChI is InChI=1S/C15H19BrN2O5/c1-8-5-11(19)9(13(20)12-10(16)7-22-17-12)6-18(8)14(21)23-15(2,3)4/h7-9H,5-6H2,1-4H3/t8-,9?/m1/s1. The SMILES string of the molecule is C[C@@H]1CC(=O)C(C(=O)c2nocc2Br)CN1C(=O)OC(C)(C)C. The van der Waals surface area contributed by atoms with Crippen molar-refractivity contribution < 1.29 is 23.6 Å². The molecule has 2 heterocycles. The molecule has 1 unspecified atom stereocenters. The molecule has 0 N–H and O–H groups in total. The van der Waals surface area contributed by atoms with Gasteiger partial charge >= 0.3 is 6.09 Å². The van der Waals surface area contributed by atoms with E-state index in [2.05, 4.69) is 21.1 Å². The fraction of sp³-hybridized carbons (Fsp3) is 0.600. The van der Waals surface area contributed by atoms with Crippen molar-refractivity contribution >= 4 is 33.6 Å². The number of carbonyl (C=O) groups is 3. The van der Waals surface area contributed by atoms with Gasteiger partial charge < -0.3 is 14.2 Å². The molecule has 0 spiro atoms. The third kappa shape index (κ3) is 3.99. The highest BCUT2D eigenvalue weighted by atomic mass is 79.9. The maximum absolute atomic E-state index is 12.5. The smallest absolute Gasteiger partial charge is 0.410 e. The number of ether oxygens (including phenoxy) is 1. The molecule has 1 amide bonds. The van der Waals surface area contributed by atoms with Crippen molar-refractivity contribution in [1.82, 2.24) is 10.1 Å². The molecule has 1 aliphatic rings. The summed E-state index contributed by atoms with van der Waals surface area (Å²) in [6.45, 7) is 7.03. The second-order valence-electron chi connectivity index (χ2n) is 6.58. The molecular weight excluding hydrogens is 368 g/mol. The van der Waals surface area contributed by atoms with Crippen molar-refractivity contribution in [3.05, 3.63) is 16.4 Å². The van der Waals surface area contributed by atoms with Gasteiger partial charge in [0.15, 0.2) is 11.5 Å². The van der Waals surface area contributed by atoms with Gasteiger partial charge in [0.25, 0.3) is 0 Å². The third-order valence-corrected chi connectivity index (χ3v) is 4.06. The molecule has 1 aromatic rings. The van der Waals surface area contributed by atoms with Crippen LogP contribution in [0.25, 0.3) is 0 Å². The van der Waals surface area contributed by atoms with Crippen LogP contribution >= 0.6 is 15.9 Å². The summed E-state index contributed by atoms with van der Waals surface area (Å²) in [5.41, 5.74) is -0.588. The van der Waals surface area contributed by atoms with E-state index in [0.29, 0.717) is 4.47 Å². The zero-order valence-corrected chi connectivity index (χ0v) is 15.0. The first-order valence-electron chi connectivity index (χ1n) is 7.26. The number of nitrogens with zero attached hydrogens (tertiary/aromatic N) is 2. The quantitative estimate of drug-likeness (QED) is 0.573. The molecule has 7 nitrogen and oxygen atoms in total. The van der Waals surface area contributed by atoms with Crippen LogP contribution in [0.3, 0.4) is 0 Å². The summed E-state index contributed by atoms with van der Waals surface area (Å²) in [6.07, 6.45) is 0.842. The highest BCUT2D eigenvalue weighted by molar-refractivity contribution is 9.10. The summed E-state index contributed by atoms with van der Waals surface area (Å²) in [5.74, 6) is -1.63. The van der Waals surface area contributed by atoms with E-state index in [1.165, 1.54) is 11.2 Å². The van der Waals surface area contributed by atoms with Gasteiger partial charge in [-0.1, -0.05) is 5.16 Å². The molecule has 0 radical (unpaired) electrons. The van der Waals surface area contributed by atoms with E-state index >= 15 is 0 Å². The van der Waals surface area contributed by atoms with Crippen LogP contribution < -0.4 is 0 Å². The second-order valence-corrected chi connectivity index (χ2v) is 7.43. The third-order valence-electron chi connectivity index (χ3n) is 3.50. The Hall–Kier alpha value is -1.70. The highest BCUT2D eigenvalue weighted by Gasteiger charge is 2.41. The van der Waals surface area contributed by atoms with Gasteiger partial charge in [-0.15, -0.1) is 0 Å². The number of Topliss-reactive ketones (excluding diaryl/α,β-unsaturated/α-hetero) is 2. The molecule has 2 rings (SSSR count). The van der Waals surface area contributed by atoms with E-state index in [4.69, 9.17) is 9.26 Å². The Kier molecular flexibility index (Phi) is 4.93. The first-order valence-corrected chi connectivity index (χ1v) is 8.06. The predicted molar refractivity (Wildman–Crippen MR) is 84.0 cm³/mol. The van der Waals surface area contributed by atoms with Crippen molar-refractivity contribution in [1.29, 1.82) is 0 Å². The van der Waals surface area contributed by atoms with Crippen LogP contribution in [-0.2, 0) is 9.53 Å². The van der Waals surface area contributed by atoms with Crippen molar-refractivity contribution in [3.8, 4) is 0 Å². The first kappa shape index (κ1) is 17.7. The maximum atomic E-state index is 12.5. The zero-order chi connectivity index (χ0) is 17.4. The maximum Gasteiger partial charge on any atom is 0.410 e. The van der Waals surface area contributed by atoms with Gasteiger partial charge in [-0.2, -0.15) is 0 Å². The molecule has 0 saturated carbocycles. The average Bonchev–Trinajstić information content (AvgIpc) is 2.82. The fourth-order valence-electron chi connectivity index (χ4n) is 2.38. The number of ketones is 2. The van der Waals surface area contributed by atoms with Gasteiger partial charge in [0.05, 0.1) is 4.47 Å². The number of hydrogen-bond acceptors (Lipinski definition) is 6. The molecule has 1 saturated heterocycles. The van der Waals surface area contributed by atoms with E-state index < -0.39 is 23.4 Å². The van der Waals surface area contributed by atoms with Gasteiger partial charge in [0.2, 0.25) is 0 Å². The summed E-state index contributed by atoms with van der Waals surface area (Å²) in [7, 11) is 0. The lowest BCUT2D eigenvalue weighted by Gasteiger charge is -2.37. The minimum absolute atomic E-state index is 0.0208. The van der Waals surface area contributed by atoms with E-state index in [1.54, 1.807) is 27.7 Å². The Morgan fingerprint density at radius 3 is 2.61 bits per heavy atom. The molecule has 23 heavy (non-hydrogen) atoms. The van der Waals surface area contributed by atoms with Crippen molar-refractivity contribution in [2.45, 2.75) is 45.8 Å². The van der Waals surface area contributed by atoms with Gasteiger partial charge in [0, 0.05) is 19.0 Å². The van der Waals surface area contributed by atoms with Crippen molar-refractivity contribution in [2.75, 3.05) is 6.54 Å². The Labute approximate surface area is 142 Å². The van der Waals surface area contributed by atoms with E-state index in [0.717, 1.165) is 0 Å². The lowest BCUT2D eigenvalue weighted by molar-refractivity contribution is -0.125. The zero-order valence-electron chi connectivity index (χ0n) is 13.5. The Morgan fingerprint density at radius 2 is 2.09 bits per heavy atom. The molecule has 2 atom stereocenters. The summed E-state index contributed by atoms with van der Waals surface area (Å²) < 4.78 is 10.5. The van der Waals surface area contributed by atoms with Crippen LogP contribution in [0, 0.1) is 5.92 Å². The topological polar surface area (TPSA) is 89.7 Å². The minimum Gasteiger partial charge on any atom is -0.444 e. The molecule has 0 aliphatic carbocycles. The summed E-state index contributed by atoms with van der Waals surface area (Å²) in [4.78, 5) is 38.4. The van der Waals surface area contributed by atoms with E-state index in [9.17, 15) is 14.4 Å². The number of piperidine rings is 1. The molecular formula is C15H19BrN2O5. The number of rotatable bonds is 2. The Bertz CT molecular complexity index is 634. The lowest BCUT2D eigenvalue weighted by Crippen LogP contribution is -2.52. The van der Waals surface area contributed by atoms with Crippen LogP contribution in [0.2, 0.25) is 0 Å². The molecule has 126 valence electrons. The lowest BCUT2D eigenvalue weighted by atomic mass is 9.88. The fourth-order valence-corrected chi connectivity index (χ4v) is 2.73. The van der Waals surface area contributed by atoms with Gasteiger partial charge in [-0.3, -0.25) is 9.59 Å². The van der Waals surface area contributed by atoms with Crippen LogP contribution in [-0.4, -0.2) is 45.9 Å². The average molecular weight is 387 g/mol. The van der Waals surface area contributed by atoms with Crippen LogP contribution in [0.5, 0.6) is 0 Å². The van der Waals surface area contributed by atoms with Gasteiger partial charge in [-0.05, 0) is 43.6 Å². The van der Waals surface area contributed by atoms with Crippen LogP contribution in [0.4, 0.5) is 4.79 Å². The molecule has 8 heteroatoms. The normalized spacial score (nSPS) is 22.1. The minimum atomic E-state index is -0.958. The van der Waals surface area contributed by atoms with Gasteiger partial charge in [0.1, 0.15) is 23.6 Å². The number of carbonyl (C=O) groups excluding carboxylic acids is 3. The summed E-state index contributed by atoms with van der Waals surface area (Å²) in [5, 5.41) is 3.62. The second kappa shape index (κ2) is 6.43. The van der Waals surface area contributed by atoms with Crippen molar-refractivity contribution in [3.63, 3.8) is 0 Å². The predicted octanol–water partition coefficient (Wildman–Crippen LogP) is 2.83. The van der Waals surface area contributed by atoms with Gasteiger partial charge in [-0.25, -0.2) is 4.79 Å². The number of halogens is 1. The first-order chi connectivity index (χ1) is 10.6. The number of hydrogen-bond donors (Lipinski definition) is 0. The van der Waals surface area contributed by atoms with Crippen LogP contribution in [0.15, 0.2) is 15.3 Å². The highest BCUT2D eigenvalue weighted by Crippen LogP contribution is 2.26. The summed E-state index contributed by atoms with van der Waals surface area (Å²) >= 11 is 3.16. The monoisotopic (exact) mass is 386 g/mol. The molecule has 0 aromatic carbocycles. The Morgan fingerprint density at radius 1 is 1.43 bits per heavy atom. The molecule has 0 bridgehead atoms. The van der Waals surface area contributed by atoms with E-state index in [-0.39, 0.29) is 30.5 Å². The molecule has 1 aromatic heterocycles. The molecule has 1 aliphatic heterocycles. The van der Waals surface area contributed by atoms with E-state index in [1.807, 2.05) is 0 Å². The largest absolute Gasteiger partial charge is 0.444 e. The van der Waals surface area contributed by atoms with Crippen molar-refractivity contribution in [2.24, 2.45) is 5.92 Å². The molecule has 1 fully saturated rings.